The molecule has 0 amide bonds. The quantitative estimate of drug-likeness (QED) is 0.917. The zero-order chi connectivity index (χ0) is 14.0. The van der Waals surface area contributed by atoms with Crippen LogP contribution in [0.1, 0.15) is 23.2 Å². The molecule has 0 aliphatic heterocycles. The molecule has 0 saturated heterocycles. The first-order chi connectivity index (χ1) is 8.97. The Balaban J connectivity index is 2.40. The molecule has 4 nitrogen and oxygen atoms in total. The fourth-order valence-electron chi connectivity index (χ4n) is 2.29. The molecule has 0 radical (unpaired) electrons. The van der Waals surface area contributed by atoms with Crippen molar-refractivity contribution in [1.29, 1.82) is 0 Å². The van der Waals surface area contributed by atoms with Gasteiger partial charge in [-0.05, 0) is 25.0 Å². The Bertz CT molecular complexity index is 615. The van der Waals surface area contributed by atoms with Gasteiger partial charge in [-0.2, -0.15) is 5.10 Å². The van der Waals surface area contributed by atoms with Crippen molar-refractivity contribution in [2.75, 3.05) is 0 Å². The summed E-state index contributed by atoms with van der Waals surface area (Å²) in [5.41, 5.74) is 5.40. The number of rotatable bonds is 4. The molecule has 2 rings (SSSR count). The average molecular weight is 258 g/mol. The number of hydrogen-bond acceptors (Lipinski definition) is 2. The summed E-state index contributed by atoms with van der Waals surface area (Å²) in [5, 5.41) is 13.2. The maximum absolute atomic E-state index is 10.7. The first kappa shape index (κ1) is 13.3. The molecule has 1 heterocycles. The van der Waals surface area contributed by atoms with Crippen LogP contribution in [0.3, 0.4) is 0 Å². The van der Waals surface area contributed by atoms with Crippen molar-refractivity contribution in [3.63, 3.8) is 0 Å². The Kier molecular flexibility index (Phi) is 3.69. The molecule has 0 bridgehead atoms. The maximum Gasteiger partial charge on any atom is 0.303 e. The van der Waals surface area contributed by atoms with E-state index in [0.29, 0.717) is 6.42 Å². The lowest BCUT2D eigenvalue weighted by atomic mass is 9.98. The smallest absolute Gasteiger partial charge is 0.303 e. The Hall–Kier alpha value is -2.10. The van der Waals surface area contributed by atoms with Crippen LogP contribution in [0.25, 0.3) is 11.1 Å². The molecule has 2 aromatic rings. The summed E-state index contributed by atoms with van der Waals surface area (Å²) in [6.45, 7) is 4.13. The Morgan fingerprint density at radius 2 is 2.05 bits per heavy atom. The SMILES string of the molecule is Cc1ccc(-c2cn(C)nc2CCC(=O)O)c(C)c1. The summed E-state index contributed by atoms with van der Waals surface area (Å²) in [6, 6.07) is 6.27. The molecular formula is C15H18N2O2. The number of hydrogen-bond donors (Lipinski definition) is 1. The van der Waals surface area contributed by atoms with E-state index in [2.05, 4.69) is 37.1 Å². The number of nitrogens with zero attached hydrogens (tertiary/aromatic N) is 2. The van der Waals surface area contributed by atoms with Crippen LogP contribution < -0.4 is 0 Å². The second kappa shape index (κ2) is 5.26. The summed E-state index contributed by atoms with van der Waals surface area (Å²) in [4.78, 5) is 10.7. The first-order valence-corrected chi connectivity index (χ1v) is 6.29. The monoisotopic (exact) mass is 258 g/mol. The van der Waals surface area contributed by atoms with Crippen molar-refractivity contribution in [3.05, 3.63) is 41.2 Å². The van der Waals surface area contributed by atoms with E-state index in [9.17, 15) is 4.79 Å². The summed E-state index contributed by atoms with van der Waals surface area (Å²) in [7, 11) is 1.86. The number of aliphatic carboxylic acids is 1. The molecule has 0 fully saturated rings. The zero-order valence-electron chi connectivity index (χ0n) is 11.5. The molecule has 0 unspecified atom stereocenters. The Labute approximate surface area is 112 Å². The molecule has 1 aromatic carbocycles. The van der Waals surface area contributed by atoms with Crippen molar-refractivity contribution in [2.24, 2.45) is 7.05 Å². The summed E-state index contributed by atoms with van der Waals surface area (Å²) < 4.78 is 1.74. The minimum absolute atomic E-state index is 0.106. The summed E-state index contributed by atoms with van der Waals surface area (Å²) >= 11 is 0. The van der Waals surface area contributed by atoms with Gasteiger partial charge in [0.2, 0.25) is 0 Å². The van der Waals surface area contributed by atoms with Crippen LogP contribution in [-0.4, -0.2) is 20.9 Å². The van der Waals surface area contributed by atoms with E-state index in [4.69, 9.17) is 5.11 Å². The predicted molar refractivity (Wildman–Crippen MR) is 74.1 cm³/mol. The minimum atomic E-state index is -0.794. The molecule has 1 N–H and O–H groups in total. The highest BCUT2D eigenvalue weighted by atomic mass is 16.4. The van der Waals surface area contributed by atoms with E-state index in [1.165, 1.54) is 11.1 Å². The van der Waals surface area contributed by atoms with Gasteiger partial charge in [0, 0.05) is 25.2 Å². The molecule has 0 aliphatic carbocycles. The van der Waals surface area contributed by atoms with Gasteiger partial charge in [-0.3, -0.25) is 9.48 Å². The molecule has 100 valence electrons. The van der Waals surface area contributed by atoms with Gasteiger partial charge in [0.25, 0.3) is 0 Å². The fraction of sp³-hybridized carbons (Fsp3) is 0.333. The van der Waals surface area contributed by atoms with E-state index >= 15 is 0 Å². The van der Waals surface area contributed by atoms with Gasteiger partial charge in [-0.25, -0.2) is 0 Å². The molecule has 4 heteroatoms. The normalized spacial score (nSPS) is 10.7. The predicted octanol–water partition coefficient (Wildman–Crippen LogP) is 2.72. The molecule has 0 atom stereocenters. The number of aromatic nitrogens is 2. The molecule has 1 aromatic heterocycles. The highest BCUT2D eigenvalue weighted by molar-refractivity contribution is 5.71. The number of carbonyl (C=O) groups is 1. The van der Waals surface area contributed by atoms with E-state index in [1.54, 1.807) is 4.68 Å². The maximum atomic E-state index is 10.7. The van der Waals surface area contributed by atoms with Crippen LogP contribution in [0.5, 0.6) is 0 Å². The Morgan fingerprint density at radius 1 is 1.32 bits per heavy atom. The molecule has 19 heavy (non-hydrogen) atoms. The lowest BCUT2D eigenvalue weighted by Crippen LogP contribution is -2.00. The average Bonchev–Trinajstić information content (AvgIpc) is 2.67. The van der Waals surface area contributed by atoms with Gasteiger partial charge >= 0.3 is 5.97 Å². The van der Waals surface area contributed by atoms with Crippen LogP contribution in [0.2, 0.25) is 0 Å². The molecule has 0 aliphatic rings. The first-order valence-electron chi connectivity index (χ1n) is 6.29. The van der Waals surface area contributed by atoms with Crippen molar-refractivity contribution in [3.8, 4) is 11.1 Å². The Morgan fingerprint density at radius 3 is 2.68 bits per heavy atom. The molecule has 0 spiro atoms. The van der Waals surface area contributed by atoms with Crippen molar-refractivity contribution in [2.45, 2.75) is 26.7 Å². The lowest BCUT2D eigenvalue weighted by molar-refractivity contribution is -0.136. The number of benzene rings is 1. The second-order valence-corrected chi connectivity index (χ2v) is 4.88. The lowest BCUT2D eigenvalue weighted by Gasteiger charge is -2.06. The molecule has 0 saturated carbocycles. The van der Waals surface area contributed by atoms with Crippen LogP contribution in [0.15, 0.2) is 24.4 Å². The van der Waals surface area contributed by atoms with Crippen molar-refractivity contribution < 1.29 is 9.90 Å². The standard InChI is InChI=1S/C15H18N2O2/c1-10-4-5-12(11(2)8-10)13-9-17(3)16-14(13)6-7-15(18)19/h4-5,8-9H,6-7H2,1-3H3,(H,18,19). The van der Waals surface area contributed by atoms with Gasteiger partial charge in [0.15, 0.2) is 0 Å². The van der Waals surface area contributed by atoms with Gasteiger partial charge in [0.05, 0.1) is 12.1 Å². The fourth-order valence-corrected chi connectivity index (χ4v) is 2.29. The third kappa shape index (κ3) is 3.02. The third-order valence-corrected chi connectivity index (χ3v) is 3.15. The zero-order valence-corrected chi connectivity index (χ0v) is 11.5. The number of carboxylic acid groups (broad SMARTS) is 1. The van der Waals surface area contributed by atoms with Gasteiger partial charge in [-0.1, -0.05) is 23.8 Å². The third-order valence-electron chi connectivity index (χ3n) is 3.15. The summed E-state index contributed by atoms with van der Waals surface area (Å²) in [5.74, 6) is -0.794. The van der Waals surface area contributed by atoms with Gasteiger partial charge in [-0.15, -0.1) is 0 Å². The minimum Gasteiger partial charge on any atom is -0.481 e. The topological polar surface area (TPSA) is 55.1 Å². The van der Waals surface area contributed by atoms with Crippen LogP contribution >= 0.6 is 0 Å². The van der Waals surface area contributed by atoms with E-state index < -0.39 is 5.97 Å². The second-order valence-electron chi connectivity index (χ2n) is 4.88. The van der Waals surface area contributed by atoms with Gasteiger partial charge < -0.3 is 5.11 Å². The van der Waals surface area contributed by atoms with E-state index in [-0.39, 0.29) is 6.42 Å². The van der Waals surface area contributed by atoms with E-state index in [0.717, 1.165) is 16.8 Å². The number of aryl methyl sites for hydroxylation is 4. The highest BCUT2D eigenvalue weighted by Crippen LogP contribution is 2.27. The summed E-state index contributed by atoms with van der Waals surface area (Å²) in [6.07, 6.45) is 2.52. The molecular weight excluding hydrogens is 240 g/mol. The largest absolute Gasteiger partial charge is 0.481 e. The highest BCUT2D eigenvalue weighted by Gasteiger charge is 2.13. The van der Waals surface area contributed by atoms with Crippen molar-refractivity contribution >= 4 is 5.97 Å². The number of carboxylic acids is 1. The van der Waals surface area contributed by atoms with Crippen LogP contribution in [0.4, 0.5) is 0 Å². The van der Waals surface area contributed by atoms with Gasteiger partial charge in [0.1, 0.15) is 0 Å². The van der Waals surface area contributed by atoms with Crippen LogP contribution in [0, 0.1) is 13.8 Å². The van der Waals surface area contributed by atoms with Crippen LogP contribution in [-0.2, 0) is 18.3 Å². The van der Waals surface area contributed by atoms with Crippen molar-refractivity contribution in [1.82, 2.24) is 9.78 Å². The van der Waals surface area contributed by atoms with E-state index in [1.807, 2.05) is 13.2 Å².